The van der Waals surface area contributed by atoms with Crippen molar-refractivity contribution in [3.63, 3.8) is 0 Å². The molecule has 0 aromatic carbocycles. The molecule has 6 heteroatoms. The summed E-state index contributed by atoms with van der Waals surface area (Å²) in [5.41, 5.74) is -0.748. The molecule has 0 spiro atoms. The summed E-state index contributed by atoms with van der Waals surface area (Å²) in [5, 5.41) is 17.8. The molecule has 2 unspecified atom stereocenters. The smallest absolute Gasteiger partial charge is 0.326 e. The molecule has 0 aliphatic carbocycles. The summed E-state index contributed by atoms with van der Waals surface area (Å²) >= 11 is 0. The third-order valence-electron chi connectivity index (χ3n) is 2.62. The van der Waals surface area contributed by atoms with E-state index in [4.69, 9.17) is 10.2 Å². The van der Waals surface area contributed by atoms with Crippen LogP contribution in [0.15, 0.2) is 0 Å². The summed E-state index contributed by atoms with van der Waals surface area (Å²) in [6.45, 7) is 7.71. The highest BCUT2D eigenvalue weighted by atomic mass is 16.4. The lowest BCUT2D eigenvalue weighted by Crippen LogP contribution is -2.50. The van der Waals surface area contributed by atoms with Crippen LogP contribution in [0.1, 0.15) is 34.6 Å². The fraction of sp³-hybridized carbons (Fsp3) is 0.750. The van der Waals surface area contributed by atoms with Gasteiger partial charge in [-0.1, -0.05) is 27.7 Å². The van der Waals surface area contributed by atoms with Gasteiger partial charge in [0, 0.05) is 12.0 Å². The Bertz CT molecular complexity index is 345. The highest BCUT2D eigenvalue weighted by Gasteiger charge is 2.34. The lowest BCUT2D eigenvalue weighted by Gasteiger charge is -2.33. The molecular formula is C12H21NO5. The Hall–Kier alpha value is -1.59. The van der Waals surface area contributed by atoms with Crippen LogP contribution in [-0.2, 0) is 14.4 Å². The first-order valence-corrected chi connectivity index (χ1v) is 5.75. The molecule has 0 aromatic heterocycles. The number of rotatable bonds is 5. The number of carboxylic acid groups (broad SMARTS) is 2. The number of carbonyl (C=O) groups is 3. The quantitative estimate of drug-likeness (QED) is 0.769. The summed E-state index contributed by atoms with van der Waals surface area (Å²) in [5.74, 6) is -3.38. The first-order chi connectivity index (χ1) is 7.98. The number of hydrogen-bond acceptors (Lipinski definition) is 3. The van der Waals surface area contributed by atoms with Gasteiger partial charge < -0.3 is 15.1 Å². The Labute approximate surface area is 107 Å². The molecule has 2 N–H and O–H groups in total. The van der Waals surface area contributed by atoms with Gasteiger partial charge in [0.15, 0.2) is 0 Å². The van der Waals surface area contributed by atoms with Crippen LogP contribution in [0.2, 0.25) is 0 Å². The standard InChI is InChI=1S/C12H21NO5/c1-7(9(14)15)6-13(8(2)10(16)17)11(18)12(3,4)5/h7-8H,6H2,1-5H3,(H,14,15)(H,16,17). The third-order valence-corrected chi connectivity index (χ3v) is 2.62. The van der Waals surface area contributed by atoms with E-state index in [0.29, 0.717) is 0 Å². The van der Waals surface area contributed by atoms with E-state index < -0.39 is 29.3 Å². The maximum Gasteiger partial charge on any atom is 0.326 e. The lowest BCUT2D eigenvalue weighted by atomic mass is 9.93. The second kappa shape index (κ2) is 5.84. The van der Waals surface area contributed by atoms with Gasteiger partial charge in [0.2, 0.25) is 5.91 Å². The normalized spacial score (nSPS) is 14.7. The number of amides is 1. The fourth-order valence-electron chi connectivity index (χ4n) is 1.35. The van der Waals surface area contributed by atoms with Gasteiger partial charge in [-0.15, -0.1) is 0 Å². The minimum Gasteiger partial charge on any atom is -0.481 e. The van der Waals surface area contributed by atoms with Gasteiger partial charge in [-0.3, -0.25) is 9.59 Å². The Morgan fingerprint density at radius 2 is 1.50 bits per heavy atom. The maximum absolute atomic E-state index is 12.1. The van der Waals surface area contributed by atoms with E-state index in [1.54, 1.807) is 20.8 Å². The first kappa shape index (κ1) is 16.4. The molecule has 0 aliphatic rings. The Morgan fingerprint density at radius 1 is 1.06 bits per heavy atom. The zero-order valence-electron chi connectivity index (χ0n) is 11.4. The number of nitrogens with zero attached hydrogens (tertiary/aromatic N) is 1. The van der Waals surface area contributed by atoms with E-state index in [9.17, 15) is 14.4 Å². The zero-order chi connectivity index (χ0) is 14.7. The molecule has 0 aromatic rings. The number of aliphatic carboxylic acids is 2. The van der Waals surface area contributed by atoms with E-state index in [1.165, 1.54) is 13.8 Å². The van der Waals surface area contributed by atoms with Crippen molar-refractivity contribution in [2.45, 2.75) is 40.7 Å². The number of carbonyl (C=O) groups excluding carboxylic acids is 1. The molecule has 18 heavy (non-hydrogen) atoms. The van der Waals surface area contributed by atoms with Crippen molar-refractivity contribution < 1.29 is 24.6 Å². The highest BCUT2D eigenvalue weighted by Crippen LogP contribution is 2.20. The molecule has 0 radical (unpaired) electrons. The zero-order valence-corrected chi connectivity index (χ0v) is 11.4. The summed E-state index contributed by atoms with van der Waals surface area (Å²) in [6.07, 6.45) is 0. The molecule has 104 valence electrons. The van der Waals surface area contributed by atoms with E-state index in [-0.39, 0.29) is 12.5 Å². The van der Waals surface area contributed by atoms with Gasteiger partial charge in [0.25, 0.3) is 0 Å². The van der Waals surface area contributed by atoms with E-state index in [1.807, 2.05) is 0 Å². The average molecular weight is 259 g/mol. The van der Waals surface area contributed by atoms with Gasteiger partial charge in [-0.2, -0.15) is 0 Å². The monoisotopic (exact) mass is 259 g/mol. The van der Waals surface area contributed by atoms with Gasteiger partial charge in [-0.05, 0) is 6.92 Å². The Balaban J connectivity index is 5.13. The van der Waals surface area contributed by atoms with Crippen LogP contribution in [0.5, 0.6) is 0 Å². The molecule has 0 rings (SSSR count). The minimum absolute atomic E-state index is 0.112. The Morgan fingerprint density at radius 3 is 1.78 bits per heavy atom. The summed E-state index contributed by atoms with van der Waals surface area (Å²) in [4.78, 5) is 35.0. The van der Waals surface area contributed by atoms with Gasteiger partial charge >= 0.3 is 11.9 Å². The SMILES string of the molecule is CC(CN(C(=O)C(C)(C)C)C(C)C(=O)O)C(=O)O. The van der Waals surface area contributed by atoms with E-state index in [0.717, 1.165) is 4.90 Å². The van der Waals surface area contributed by atoms with E-state index >= 15 is 0 Å². The van der Waals surface area contributed by atoms with Crippen LogP contribution < -0.4 is 0 Å². The topological polar surface area (TPSA) is 94.9 Å². The van der Waals surface area contributed by atoms with Gasteiger partial charge in [0.05, 0.1) is 5.92 Å². The van der Waals surface area contributed by atoms with Crippen molar-refractivity contribution in [2.24, 2.45) is 11.3 Å². The van der Waals surface area contributed by atoms with Crippen LogP contribution in [0, 0.1) is 11.3 Å². The molecule has 0 saturated carbocycles. The second-order valence-corrected chi connectivity index (χ2v) is 5.46. The highest BCUT2D eigenvalue weighted by molar-refractivity contribution is 5.87. The summed E-state index contributed by atoms with van der Waals surface area (Å²) in [6, 6.07) is -1.04. The molecule has 0 heterocycles. The van der Waals surface area contributed by atoms with Gasteiger partial charge in [0.1, 0.15) is 6.04 Å². The van der Waals surface area contributed by atoms with Crippen molar-refractivity contribution in [1.82, 2.24) is 4.90 Å². The molecule has 0 bridgehead atoms. The second-order valence-electron chi connectivity index (χ2n) is 5.46. The van der Waals surface area contributed by atoms with Crippen LogP contribution >= 0.6 is 0 Å². The fourth-order valence-corrected chi connectivity index (χ4v) is 1.35. The van der Waals surface area contributed by atoms with E-state index in [2.05, 4.69) is 0 Å². The van der Waals surface area contributed by atoms with Crippen molar-refractivity contribution >= 4 is 17.8 Å². The molecular weight excluding hydrogens is 238 g/mol. The predicted molar refractivity (Wildman–Crippen MR) is 65.1 cm³/mol. The first-order valence-electron chi connectivity index (χ1n) is 5.75. The predicted octanol–water partition coefficient (Wildman–Crippen LogP) is 1.05. The summed E-state index contributed by atoms with van der Waals surface area (Å²) in [7, 11) is 0. The van der Waals surface area contributed by atoms with Gasteiger partial charge in [-0.25, -0.2) is 4.79 Å². The Kier molecular flexibility index (Phi) is 5.32. The molecule has 0 saturated heterocycles. The summed E-state index contributed by atoms with van der Waals surface area (Å²) < 4.78 is 0. The van der Waals surface area contributed by atoms with Crippen LogP contribution in [0.3, 0.4) is 0 Å². The average Bonchev–Trinajstić information content (AvgIpc) is 2.21. The molecule has 6 nitrogen and oxygen atoms in total. The molecule has 1 amide bonds. The van der Waals surface area contributed by atoms with Crippen LogP contribution in [-0.4, -0.2) is 45.5 Å². The number of carboxylic acids is 2. The van der Waals surface area contributed by atoms with Crippen molar-refractivity contribution in [2.75, 3.05) is 6.54 Å². The van der Waals surface area contributed by atoms with Crippen molar-refractivity contribution in [1.29, 1.82) is 0 Å². The van der Waals surface area contributed by atoms with Crippen LogP contribution in [0.4, 0.5) is 0 Å². The molecule has 2 atom stereocenters. The number of hydrogen-bond donors (Lipinski definition) is 2. The maximum atomic E-state index is 12.1. The lowest BCUT2D eigenvalue weighted by molar-refractivity contribution is -0.155. The largest absolute Gasteiger partial charge is 0.481 e. The molecule has 0 aliphatic heterocycles. The molecule has 0 fully saturated rings. The van der Waals surface area contributed by atoms with Crippen molar-refractivity contribution in [3.05, 3.63) is 0 Å². The van der Waals surface area contributed by atoms with Crippen molar-refractivity contribution in [3.8, 4) is 0 Å². The van der Waals surface area contributed by atoms with Crippen LogP contribution in [0.25, 0.3) is 0 Å². The minimum atomic E-state index is -1.15. The third kappa shape index (κ3) is 4.35.